The fourth-order valence-electron chi connectivity index (χ4n) is 4.48. The van der Waals surface area contributed by atoms with Crippen molar-refractivity contribution >= 4 is 39.1 Å². The number of rotatable bonds is 15. The number of hydrogen-bond donors (Lipinski definition) is 1. The lowest BCUT2D eigenvalue weighted by atomic mass is 10.1. The average molecular weight is 630 g/mol. The molecule has 0 aliphatic rings. The predicted octanol–water partition coefficient (Wildman–Crippen LogP) is 5.66. The molecule has 0 saturated carbocycles. The van der Waals surface area contributed by atoms with Gasteiger partial charge in [0.05, 0.1) is 24.3 Å². The molecule has 0 saturated heterocycles. The van der Waals surface area contributed by atoms with Gasteiger partial charge in [0.1, 0.15) is 24.1 Å². The first-order chi connectivity index (χ1) is 20.5. The largest absolute Gasteiger partial charge is 0.497 e. The highest BCUT2D eigenvalue weighted by Gasteiger charge is 2.35. The number of nitrogens with one attached hydrogen (secondary N) is 1. The Morgan fingerprint density at radius 1 is 0.930 bits per heavy atom. The Morgan fingerprint density at radius 2 is 1.58 bits per heavy atom. The third kappa shape index (κ3) is 8.64. The van der Waals surface area contributed by atoms with Crippen LogP contribution in [0.5, 0.6) is 11.5 Å². The molecule has 0 bridgehead atoms. The lowest BCUT2D eigenvalue weighted by Crippen LogP contribution is -2.53. The zero-order valence-corrected chi connectivity index (χ0v) is 26.8. The smallest absolute Gasteiger partial charge is 0.264 e. The number of ether oxygens (including phenoxy) is 2. The molecule has 9 nitrogen and oxygen atoms in total. The highest BCUT2D eigenvalue weighted by atomic mass is 35.5. The minimum atomic E-state index is -4.27. The highest BCUT2D eigenvalue weighted by Crippen LogP contribution is 2.33. The molecular formula is C32H40ClN3O6S. The van der Waals surface area contributed by atoms with E-state index in [1.165, 1.54) is 29.2 Å². The van der Waals surface area contributed by atoms with Crippen LogP contribution in [0.2, 0.25) is 5.02 Å². The molecule has 0 aliphatic heterocycles. The van der Waals surface area contributed by atoms with Crippen LogP contribution >= 0.6 is 11.6 Å². The van der Waals surface area contributed by atoms with Crippen molar-refractivity contribution in [3.63, 3.8) is 0 Å². The van der Waals surface area contributed by atoms with Crippen LogP contribution < -0.4 is 19.1 Å². The van der Waals surface area contributed by atoms with Crippen LogP contribution in [0.15, 0.2) is 77.7 Å². The van der Waals surface area contributed by atoms with Crippen LogP contribution in [-0.4, -0.2) is 57.5 Å². The quantitative estimate of drug-likeness (QED) is 0.232. The highest BCUT2D eigenvalue weighted by molar-refractivity contribution is 7.92. The maximum absolute atomic E-state index is 14.3. The number of carbonyl (C=O) groups is 2. The standard InChI is InChI=1S/C32H40ClN3O6S/c1-6-23(4)34-32(38)28(7-2)35(21-24-13-17-26(41-5)18-14-24)31(37)22-36(29-11-9-10-12-30(29)42-8-3)43(39,40)27-19-15-25(33)16-20-27/h9-20,23,28H,6-8,21-22H2,1-5H3,(H,34,38)/t23-,28+/m0/s1. The molecule has 0 spiro atoms. The van der Waals surface area contributed by atoms with Crippen LogP contribution in [0, 0.1) is 0 Å². The van der Waals surface area contributed by atoms with Crippen LogP contribution in [0.25, 0.3) is 0 Å². The molecule has 0 radical (unpaired) electrons. The van der Waals surface area contributed by atoms with Gasteiger partial charge in [-0.3, -0.25) is 13.9 Å². The second-order valence-electron chi connectivity index (χ2n) is 9.98. The van der Waals surface area contributed by atoms with E-state index < -0.39 is 28.5 Å². The van der Waals surface area contributed by atoms with Crippen molar-refractivity contribution < 1.29 is 27.5 Å². The molecule has 3 rings (SSSR count). The Morgan fingerprint density at radius 3 is 2.16 bits per heavy atom. The van der Waals surface area contributed by atoms with Crippen LogP contribution in [0.4, 0.5) is 5.69 Å². The van der Waals surface area contributed by atoms with Crippen LogP contribution in [0.3, 0.4) is 0 Å². The maximum atomic E-state index is 14.3. The SMILES string of the molecule is CCOc1ccccc1N(CC(=O)N(Cc1ccc(OC)cc1)[C@H](CC)C(=O)N[C@@H](C)CC)S(=O)(=O)c1ccc(Cl)cc1. The average Bonchev–Trinajstić information content (AvgIpc) is 3.00. The van der Waals surface area contributed by atoms with E-state index in [9.17, 15) is 18.0 Å². The number of amides is 2. The first kappa shape index (κ1) is 33.7. The summed E-state index contributed by atoms with van der Waals surface area (Å²) in [4.78, 5) is 29.1. The van der Waals surface area contributed by atoms with E-state index in [2.05, 4.69) is 5.32 Å². The maximum Gasteiger partial charge on any atom is 0.264 e. The van der Waals surface area contributed by atoms with E-state index in [0.717, 1.165) is 16.3 Å². The summed E-state index contributed by atoms with van der Waals surface area (Å²) in [5.74, 6) is 0.0980. The summed E-state index contributed by atoms with van der Waals surface area (Å²) < 4.78 is 40.3. The molecule has 232 valence electrons. The fraction of sp³-hybridized carbons (Fsp3) is 0.375. The Kier molecular flexibility index (Phi) is 12.3. The van der Waals surface area contributed by atoms with E-state index in [1.807, 2.05) is 32.9 Å². The molecule has 2 atom stereocenters. The minimum absolute atomic E-state index is 0.0424. The molecule has 43 heavy (non-hydrogen) atoms. The third-order valence-corrected chi connectivity index (χ3v) is 9.04. The van der Waals surface area contributed by atoms with Crippen LogP contribution in [-0.2, 0) is 26.2 Å². The van der Waals surface area contributed by atoms with Gasteiger partial charge in [0, 0.05) is 17.6 Å². The van der Waals surface area contributed by atoms with Gasteiger partial charge in [0.15, 0.2) is 0 Å². The fourth-order valence-corrected chi connectivity index (χ4v) is 6.03. The van der Waals surface area contributed by atoms with E-state index in [4.69, 9.17) is 21.1 Å². The topological polar surface area (TPSA) is 105 Å². The summed E-state index contributed by atoms with van der Waals surface area (Å²) in [7, 11) is -2.71. The van der Waals surface area contributed by atoms with Gasteiger partial charge in [0.25, 0.3) is 10.0 Å². The zero-order valence-electron chi connectivity index (χ0n) is 25.2. The van der Waals surface area contributed by atoms with Crippen molar-refractivity contribution in [3.05, 3.63) is 83.4 Å². The van der Waals surface area contributed by atoms with Crippen molar-refractivity contribution in [1.29, 1.82) is 0 Å². The van der Waals surface area contributed by atoms with Crippen molar-refractivity contribution in [2.45, 2.75) is 64.1 Å². The van der Waals surface area contributed by atoms with E-state index >= 15 is 0 Å². The molecule has 0 heterocycles. The summed E-state index contributed by atoms with van der Waals surface area (Å²) in [6, 6.07) is 18.6. The van der Waals surface area contributed by atoms with Gasteiger partial charge in [-0.2, -0.15) is 0 Å². The summed E-state index contributed by atoms with van der Waals surface area (Å²) in [5.41, 5.74) is 0.958. The van der Waals surface area contributed by atoms with Crippen molar-refractivity contribution in [2.24, 2.45) is 0 Å². The van der Waals surface area contributed by atoms with Gasteiger partial charge in [-0.1, -0.05) is 49.7 Å². The normalized spacial score (nSPS) is 12.6. The Bertz CT molecular complexity index is 1470. The molecule has 0 aliphatic carbocycles. The van der Waals surface area contributed by atoms with Crippen molar-refractivity contribution in [1.82, 2.24) is 10.2 Å². The van der Waals surface area contributed by atoms with Crippen molar-refractivity contribution in [3.8, 4) is 11.5 Å². The molecule has 3 aromatic carbocycles. The van der Waals surface area contributed by atoms with E-state index in [0.29, 0.717) is 22.9 Å². The lowest BCUT2D eigenvalue weighted by Gasteiger charge is -2.34. The number of benzene rings is 3. The first-order valence-corrected chi connectivity index (χ1v) is 16.1. The lowest BCUT2D eigenvalue weighted by molar-refractivity contribution is -0.140. The predicted molar refractivity (Wildman–Crippen MR) is 169 cm³/mol. The van der Waals surface area contributed by atoms with E-state index in [-0.39, 0.29) is 35.7 Å². The number of nitrogens with zero attached hydrogens (tertiary/aromatic N) is 2. The Balaban J connectivity index is 2.10. The molecule has 2 amide bonds. The first-order valence-electron chi connectivity index (χ1n) is 14.3. The molecule has 0 unspecified atom stereocenters. The number of hydrogen-bond acceptors (Lipinski definition) is 6. The molecule has 11 heteroatoms. The Labute approximate surface area is 259 Å². The number of anilines is 1. The second kappa shape index (κ2) is 15.6. The van der Waals surface area contributed by atoms with Crippen molar-refractivity contribution in [2.75, 3.05) is 24.6 Å². The van der Waals surface area contributed by atoms with Gasteiger partial charge in [0.2, 0.25) is 11.8 Å². The van der Waals surface area contributed by atoms with Gasteiger partial charge < -0.3 is 19.7 Å². The monoisotopic (exact) mass is 629 g/mol. The third-order valence-electron chi connectivity index (χ3n) is 7.01. The molecule has 0 fully saturated rings. The van der Waals surface area contributed by atoms with Gasteiger partial charge in [-0.05, 0) is 80.8 Å². The van der Waals surface area contributed by atoms with Gasteiger partial charge >= 0.3 is 0 Å². The molecule has 0 aromatic heterocycles. The molecule has 1 N–H and O–H groups in total. The molecular weight excluding hydrogens is 590 g/mol. The van der Waals surface area contributed by atoms with Gasteiger partial charge in [-0.15, -0.1) is 0 Å². The second-order valence-corrected chi connectivity index (χ2v) is 12.3. The van der Waals surface area contributed by atoms with Crippen LogP contribution in [0.1, 0.15) is 46.1 Å². The Hall–Kier alpha value is -3.76. The number of halogens is 1. The minimum Gasteiger partial charge on any atom is -0.497 e. The number of carbonyl (C=O) groups excluding carboxylic acids is 2. The summed E-state index contributed by atoms with van der Waals surface area (Å²) in [5, 5.41) is 3.35. The summed E-state index contributed by atoms with van der Waals surface area (Å²) >= 11 is 6.04. The van der Waals surface area contributed by atoms with Gasteiger partial charge in [-0.25, -0.2) is 8.42 Å². The molecule has 3 aromatic rings. The summed E-state index contributed by atoms with van der Waals surface area (Å²) in [6.07, 6.45) is 1.04. The van der Waals surface area contributed by atoms with E-state index in [1.54, 1.807) is 50.4 Å². The zero-order chi connectivity index (χ0) is 31.6. The number of para-hydroxylation sites is 2. The number of methoxy groups -OCH3 is 1. The number of sulfonamides is 1. The summed E-state index contributed by atoms with van der Waals surface area (Å²) in [6.45, 7) is 7.26.